The Morgan fingerprint density at radius 1 is 1.21 bits per heavy atom. The summed E-state index contributed by atoms with van der Waals surface area (Å²) in [6, 6.07) is 10.6. The molecule has 0 saturated carbocycles. The highest BCUT2D eigenvalue weighted by Gasteiger charge is 2.20. The molecule has 1 unspecified atom stereocenters. The molecule has 0 saturated heterocycles. The summed E-state index contributed by atoms with van der Waals surface area (Å²) < 4.78 is 2.76. The van der Waals surface area contributed by atoms with Crippen LogP contribution in [0.5, 0.6) is 0 Å². The first-order valence-electron chi connectivity index (χ1n) is 7.77. The lowest BCUT2D eigenvalue weighted by molar-refractivity contribution is 0.631. The number of aromatic nitrogens is 4. The minimum Gasteiger partial charge on any atom is -0.383 e. The van der Waals surface area contributed by atoms with Crippen LogP contribution in [0.25, 0.3) is 11.0 Å². The van der Waals surface area contributed by atoms with Gasteiger partial charge in [0.1, 0.15) is 15.8 Å². The molecule has 2 heterocycles. The molecule has 1 aliphatic rings. The van der Waals surface area contributed by atoms with Crippen molar-refractivity contribution in [1.29, 1.82) is 0 Å². The highest BCUT2D eigenvalue weighted by Crippen LogP contribution is 2.33. The third-order valence-electron chi connectivity index (χ3n) is 4.32. The second kappa shape index (κ2) is 6.35. The Bertz CT molecular complexity index is 943. The van der Waals surface area contributed by atoms with Gasteiger partial charge < -0.3 is 5.73 Å². The average molecular weight is 429 g/mol. The Morgan fingerprint density at radius 2 is 2.04 bits per heavy atom. The SMILES string of the molecule is Nc1ncnc2c1c(I)nn2CC1=CC=CCC1c1ccccc1. The van der Waals surface area contributed by atoms with Crippen molar-refractivity contribution in [3.63, 3.8) is 0 Å². The lowest BCUT2D eigenvalue weighted by Gasteiger charge is -2.22. The quantitative estimate of drug-likeness (QED) is 0.645. The molecular formula is C18H16IN5. The monoisotopic (exact) mass is 429 g/mol. The van der Waals surface area contributed by atoms with Crippen molar-refractivity contribution in [1.82, 2.24) is 19.7 Å². The summed E-state index contributed by atoms with van der Waals surface area (Å²) >= 11 is 2.19. The molecule has 1 aliphatic carbocycles. The van der Waals surface area contributed by atoms with Crippen LogP contribution in [0.15, 0.2) is 60.5 Å². The Morgan fingerprint density at radius 3 is 2.88 bits per heavy atom. The molecule has 0 bridgehead atoms. The van der Waals surface area contributed by atoms with Crippen molar-refractivity contribution in [2.45, 2.75) is 18.9 Å². The molecule has 3 aromatic rings. The number of nitrogen functional groups attached to an aromatic ring is 1. The van der Waals surface area contributed by atoms with Crippen LogP contribution < -0.4 is 5.73 Å². The molecule has 24 heavy (non-hydrogen) atoms. The first-order valence-corrected chi connectivity index (χ1v) is 8.85. The second-order valence-electron chi connectivity index (χ2n) is 5.77. The summed E-state index contributed by atoms with van der Waals surface area (Å²) in [6.45, 7) is 0.694. The molecule has 0 amide bonds. The van der Waals surface area contributed by atoms with E-state index in [4.69, 9.17) is 5.73 Å². The van der Waals surface area contributed by atoms with E-state index in [1.807, 2.05) is 4.68 Å². The van der Waals surface area contributed by atoms with E-state index in [1.165, 1.54) is 17.5 Å². The maximum Gasteiger partial charge on any atom is 0.164 e. The summed E-state index contributed by atoms with van der Waals surface area (Å²) in [5.41, 5.74) is 9.42. The third kappa shape index (κ3) is 2.71. The summed E-state index contributed by atoms with van der Waals surface area (Å²) in [5, 5.41) is 5.46. The molecule has 6 heteroatoms. The summed E-state index contributed by atoms with van der Waals surface area (Å²) in [6.07, 6.45) is 9.02. The van der Waals surface area contributed by atoms with Gasteiger partial charge in [-0.1, -0.05) is 48.6 Å². The highest BCUT2D eigenvalue weighted by molar-refractivity contribution is 14.1. The number of nitrogens with two attached hydrogens (primary N) is 1. The topological polar surface area (TPSA) is 69.6 Å². The van der Waals surface area contributed by atoms with E-state index < -0.39 is 0 Å². The number of allylic oxidation sites excluding steroid dienone is 4. The van der Waals surface area contributed by atoms with Gasteiger partial charge in [-0.15, -0.1) is 0 Å². The number of hydrogen-bond donors (Lipinski definition) is 1. The molecule has 1 aromatic carbocycles. The van der Waals surface area contributed by atoms with Gasteiger partial charge in [-0.3, -0.25) is 0 Å². The van der Waals surface area contributed by atoms with Crippen LogP contribution in [0.2, 0.25) is 0 Å². The van der Waals surface area contributed by atoms with E-state index >= 15 is 0 Å². The van der Waals surface area contributed by atoms with Gasteiger partial charge in [-0.2, -0.15) is 5.10 Å². The largest absolute Gasteiger partial charge is 0.383 e. The Kier molecular flexibility index (Phi) is 4.05. The lowest BCUT2D eigenvalue weighted by Crippen LogP contribution is -2.12. The van der Waals surface area contributed by atoms with E-state index in [1.54, 1.807) is 0 Å². The van der Waals surface area contributed by atoms with E-state index in [0.717, 1.165) is 21.2 Å². The summed E-state index contributed by atoms with van der Waals surface area (Å²) in [4.78, 5) is 8.46. The van der Waals surface area contributed by atoms with Gasteiger partial charge in [0.2, 0.25) is 0 Å². The minimum absolute atomic E-state index is 0.368. The highest BCUT2D eigenvalue weighted by atomic mass is 127. The Labute approximate surface area is 153 Å². The van der Waals surface area contributed by atoms with Crippen molar-refractivity contribution in [2.24, 2.45) is 0 Å². The maximum atomic E-state index is 5.99. The molecular weight excluding hydrogens is 413 g/mol. The molecule has 0 fully saturated rings. The van der Waals surface area contributed by atoms with Crippen LogP contribution in [0, 0.1) is 3.70 Å². The number of hydrogen-bond acceptors (Lipinski definition) is 4. The van der Waals surface area contributed by atoms with E-state index in [0.29, 0.717) is 18.3 Å². The molecule has 0 aliphatic heterocycles. The van der Waals surface area contributed by atoms with Crippen molar-refractivity contribution in [2.75, 3.05) is 5.73 Å². The molecule has 0 spiro atoms. The number of halogens is 1. The van der Waals surface area contributed by atoms with Crippen LogP contribution in [0.1, 0.15) is 17.9 Å². The zero-order valence-electron chi connectivity index (χ0n) is 12.9. The minimum atomic E-state index is 0.368. The van der Waals surface area contributed by atoms with Gasteiger partial charge in [-0.25, -0.2) is 14.6 Å². The van der Waals surface area contributed by atoms with Gasteiger partial charge in [0.05, 0.1) is 11.9 Å². The second-order valence-corrected chi connectivity index (χ2v) is 6.80. The van der Waals surface area contributed by atoms with Crippen LogP contribution in [-0.2, 0) is 6.54 Å². The molecule has 2 aromatic heterocycles. The van der Waals surface area contributed by atoms with Gasteiger partial charge in [0, 0.05) is 5.92 Å². The van der Waals surface area contributed by atoms with Gasteiger partial charge in [-0.05, 0) is 40.1 Å². The third-order valence-corrected chi connectivity index (χ3v) is 5.07. The van der Waals surface area contributed by atoms with E-state index in [2.05, 4.69) is 86.2 Å². The van der Waals surface area contributed by atoms with Crippen LogP contribution in [-0.4, -0.2) is 19.7 Å². The van der Waals surface area contributed by atoms with Crippen molar-refractivity contribution >= 4 is 39.4 Å². The summed E-state index contributed by atoms with van der Waals surface area (Å²) in [7, 11) is 0. The van der Waals surface area contributed by atoms with Gasteiger partial charge in [0.25, 0.3) is 0 Å². The average Bonchev–Trinajstić information content (AvgIpc) is 2.93. The normalized spacial score (nSPS) is 17.2. The number of fused-ring (bicyclic) bond motifs is 1. The fraction of sp³-hybridized carbons (Fsp3) is 0.167. The molecule has 5 nitrogen and oxygen atoms in total. The number of rotatable bonds is 3. The fourth-order valence-corrected chi connectivity index (χ4v) is 3.92. The number of benzene rings is 1. The van der Waals surface area contributed by atoms with Crippen LogP contribution in [0.3, 0.4) is 0 Å². The molecule has 4 rings (SSSR count). The molecule has 0 radical (unpaired) electrons. The fourth-order valence-electron chi connectivity index (χ4n) is 3.14. The Balaban J connectivity index is 1.73. The number of anilines is 1. The van der Waals surface area contributed by atoms with Crippen LogP contribution in [0.4, 0.5) is 5.82 Å². The van der Waals surface area contributed by atoms with Crippen molar-refractivity contribution < 1.29 is 0 Å². The number of nitrogens with zero attached hydrogens (tertiary/aromatic N) is 4. The van der Waals surface area contributed by atoms with Crippen LogP contribution >= 0.6 is 22.6 Å². The van der Waals surface area contributed by atoms with E-state index in [9.17, 15) is 0 Å². The lowest BCUT2D eigenvalue weighted by atomic mass is 9.85. The zero-order valence-corrected chi connectivity index (χ0v) is 15.1. The summed E-state index contributed by atoms with van der Waals surface area (Å²) in [5.74, 6) is 0.847. The molecule has 120 valence electrons. The standard InChI is InChI=1S/C18H16IN5/c19-16-15-17(20)21-11-22-18(15)24(23-16)10-13-8-4-5-9-14(13)12-6-2-1-3-7-12/h1-8,11,14H,9-10H2,(H2,20,21,22). The van der Waals surface area contributed by atoms with Gasteiger partial charge >= 0.3 is 0 Å². The molecule has 2 N–H and O–H groups in total. The van der Waals surface area contributed by atoms with E-state index in [-0.39, 0.29) is 0 Å². The smallest absolute Gasteiger partial charge is 0.164 e. The Hall–Kier alpha value is -2.22. The van der Waals surface area contributed by atoms with Crippen molar-refractivity contribution in [3.05, 3.63) is 69.7 Å². The predicted molar refractivity (Wildman–Crippen MR) is 103 cm³/mol. The van der Waals surface area contributed by atoms with Gasteiger partial charge in [0.15, 0.2) is 5.65 Å². The van der Waals surface area contributed by atoms with Crippen molar-refractivity contribution in [3.8, 4) is 0 Å². The first-order chi connectivity index (χ1) is 11.7. The predicted octanol–water partition coefficient (Wildman–Crippen LogP) is 3.68. The maximum absolute atomic E-state index is 5.99. The zero-order chi connectivity index (χ0) is 16.5. The molecule has 1 atom stereocenters. The first kappa shape index (κ1) is 15.3.